The molecule has 14 heavy (non-hydrogen) atoms. The molecule has 0 atom stereocenters. The van der Waals surface area contributed by atoms with Crippen LogP contribution in [-0.2, 0) is 6.42 Å². The lowest BCUT2D eigenvalue weighted by molar-refractivity contribution is 0.0907. The second-order valence-electron chi connectivity index (χ2n) is 4.66. The van der Waals surface area contributed by atoms with Crippen LogP contribution in [0.15, 0.2) is 6.20 Å². The second-order valence-corrected chi connectivity index (χ2v) is 4.66. The zero-order valence-electron chi connectivity index (χ0n) is 8.39. The first-order valence-corrected chi connectivity index (χ1v) is 4.72. The smallest absolute Gasteiger partial charge is 0.165 e. The number of rotatable bonds is 1. The Kier molecular flexibility index (Phi) is 1.84. The number of H-pyrrole nitrogens is 1. The lowest BCUT2D eigenvalue weighted by Crippen LogP contribution is -2.27. The van der Waals surface area contributed by atoms with E-state index in [2.05, 4.69) is 18.8 Å². The van der Waals surface area contributed by atoms with Gasteiger partial charge in [-0.25, -0.2) is 0 Å². The van der Waals surface area contributed by atoms with E-state index in [9.17, 15) is 9.59 Å². The van der Waals surface area contributed by atoms with Crippen LogP contribution >= 0.6 is 0 Å². The SMILES string of the molecule is CC1(C)CC(=O)c2c(C=O)c[nH]c2C1. The lowest BCUT2D eigenvalue weighted by atomic mass is 9.75. The van der Waals surface area contributed by atoms with Gasteiger partial charge in [0, 0.05) is 29.4 Å². The highest BCUT2D eigenvalue weighted by Crippen LogP contribution is 2.35. The number of fused-ring (bicyclic) bond motifs is 1. The van der Waals surface area contributed by atoms with Crippen LogP contribution in [-0.4, -0.2) is 17.1 Å². The third-order valence-corrected chi connectivity index (χ3v) is 2.69. The first kappa shape index (κ1) is 9.19. The molecule has 0 saturated carbocycles. The highest BCUT2D eigenvalue weighted by Gasteiger charge is 2.33. The van der Waals surface area contributed by atoms with Crippen molar-refractivity contribution in [2.45, 2.75) is 26.7 Å². The third-order valence-electron chi connectivity index (χ3n) is 2.69. The molecule has 0 saturated heterocycles. The van der Waals surface area contributed by atoms with Crippen molar-refractivity contribution in [2.24, 2.45) is 5.41 Å². The van der Waals surface area contributed by atoms with Gasteiger partial charge in [0.2, 0.25) is 0 Å². The number of carbonyl (C=O) groups is 2. The highest BCUT2D eigenvalue weighted by molar-refractivity contribution is 6.05. The van der Waals surface area contributed by atoms with E-state index in [1.165, 1.54) is 0 Å². The summed E-state index contributed by atoms with van der Waals surface area (Å²) in [7, 11) is 0. The van der Waals surface area contributed by atoms with E-state index in [-0.39, 0.29) is 11.2 Å². The molecule has 74 valence electrons. The summed E-state index contributed by atoms with van der Waals surface area (Å²) in [6.45, 7) is 4.13. The van der Waals surface area contributed by atoms with Gasteiger partial charge in [-0.05, 0) is 11.8 Å². The molecule has 1 heterocycles. The largest absolute Gasteiger partial charge is 0.364 e. The lowest BCUT2D eigenvalue weighted by Gasteiger charge is -2.28. The van der Waals surface area contributed by atoms with Crippen LogP contribution in [0.1, 0.15) is 46.7 Å². The molecule has 0 radical (unpaired) electrons. The van der Waals surface area contributed by atoms with Crippen LogP contribution in [0, 0.1) is 5.41 Å². The fraction of sp³-hybridized carbons (Fsp3) is 0.455. The molecule has 0 spiro atoms. The van der Waals surface area contributed by atoms with Crippen LogP contribution in [0.3, 0.4) is 0 Å². The summed E-state index contributed by atoms with van der Waals surface area (Å²) in [5.74, 6) is 0.0830. The average Bonchev–Trinajstić information content (AvgIpc) is 2.44. The number of Topliss-reactive ketones (excluding diaryl/α,β-unsaturated/α-hetero) is 1. The molecule has 0 bridgehead atoms. The molecule has 1 aromatic rings. The van der Waals surface area contributed by atoms with E-state index in [0.717, 1.165) is 18.4 Å². The molecule has 1 aliphatic rings. The molecule has 1 aliphatic carbocycles. The van der Waals surface area contributed by atoms with Crippen molar-refractivity contribution in [1.82, 2.24) is 4.98 Å². The van der Waals surface area contributed by atoms with Crippen molar-refractivity contribution in [3.8, 4) is 0 Å². The molecule has 1 N–H and O–H groups in total. The Labute approximate surface area is 82.5 Å². The van der Waals surface area contributed by atoms with Crippen molar-refractivity contribution in [2.75, 3.05) is 0 Å². The zero-order chi connectivity index (χ0) is 10.3. The number of hydrogen-bond acceptors (Lipinski definition) is 2. The van der Waals surface area contributed by atoms with Crippen LogP contribution in [0.5, 0.6) is 0 Å². The molecule has 0 aromatic carbocycles. The summed E-state index contributed by atoms with van der Waals surface area (Å²) in [6, 6.07) is 0. The van der Waals surface area contributed by atoms with Crippen LogP contribution in [0.25, 0.3) is 0 Å². The van der Waals surface area contributed by atoms with E-state index in [0.29, 0.717) is 17.5 Å². The molecule has 0 amide bonds. The first-order valence-electron chi connectivity index (χ1n) is 4.72. The van der Waals surface area contributed by atoms with Crippen LogP contribution in [0.4, 0.5) is 0 Å². The normalized spacial score (nSPS) is 19.1. The Morgan fingerprint density at radius 2 is 2.14 bits per heavy atom. The maximum atomic E-state index is 11.8. The van der Waals surface area contributed by atoms with E-state index < -0.39 is 0 Å². The van der Waals surface area contributed by atoms with Gasteiger partial charge in [-0.2, -0.15) is 0 Å². The summed E-state index contributed by atoms with van der Waals surface area (Å²) in [6.07, 6.45) is 3.73. The topological polar surface area (TPSA) is 49.9 Å². The molecule has 2 rings (SSSR count). The maximum Gasteiger partial charge on any atom is 0.165 e. The van der Waals surface area contributed by atoms with Crippen molar-refractivity contribution >= 4 is 12.1 Å². The van der Waals surface area contributed by atoms with Gasteiger partial charge in [-0.1, -0.05) is 13.8 Å². The highest BCUT2D eigenvalue weighted by atomic mass is 16.1. The summed E-state index contributed by atoms with van der Waals surface area (Å²) < 4.78 is 0. The Bertz CT molecular complexity index is 401. The van der Waals surface area contributed by atoms with Gasteiger partial charge in [0.1, 0.15) is 0 Å². The molecular weight excluding hydrogens is 178 g/mol. The monoisotopic (exact) mass is 191 g/mol. The number of carbonyl (C=O) groups excluding carboxylic acids is 2. The number of ketones is 1. The molecule has 0 unspecified atom stereocenters. The van der Waals surface area contributed by atoms with Gasteiger partial charge in [-0.3, -0.25) is 9.59 Å². The van der Waals surface area contributed by atoms with Gasteiger partial charge in [0.25, 0.3) is 0 Å². The number of aromatic amines is 1. The van der Waals surface area contributed by atoms with Crippen molar-refractivity contribution in [3.63, 3.8) is 0 Å². The summed E-state index contributed by atoms with van der Waals surface area (Å²) >= 11 is 0. The van der Waals surface area contributed by atoms with Crippen molar-refractivity contribution in [1.29, 1.82) is 0 Å². The molecule has 1 aromatic heterocycles. The summed E-state index contributed by atoms with van der Waals surface area (Å²) in [4.78, 5) is 25.4. The number of hydrogen-bond donors (Lipinski definition) is 1. The summed E-state index contributed by atoms with van der Waals surface area (Å²) in [5.41, 5.74) is 2.03. The Hall–Kier alpha value is -1.38. The van der Waals surface area contributed by atoms with E-state index in [1.54, 1.807) is 6.20 Å². The minimum absolute atomic E-state index is 0.00902. The Morgan fingerprint density at radius 1 is 1.43 bits per heavy atom. The Balaban J connectivity index is 2.52. The molecule has 0 aliphatic heterocycles. The van der Waals surface area contributed by atoms with E-state index >= 15 is 0 Å². The van der Waals surface area contributed by atoms with Gasteiger partial charge in [0.15, 0.2) is 12.1 Å². The fourth-order valence-corrected chi connectivity index (χ4v) is 2.11. The molecular formula is C11H13NO2. The second kappa shape index (κ2) is 2.80. The number of aldehydes is 1. The minimum Gasteiger partial charge on any atom is -0.364 e. The van der Waals surface area contributed by atoms with Gasteiger partial charge >= 0.3 is 0 Å². The van der Waals surface area contributed by atoms with Gasteiger partial charge in [0.05, 0.1) is 0 Å². The molecule has 3 nitrogen and oxygen atoms in total. The van der Waals surface area contributed by atoms with E-state index in [1.807, 2.05) is 0 Å². The van der Waals surface area contributed by atoms with Gasteiger partial charge < -0.3 is 4.98 Å². The van der Waals surface area contributed by atoms with Gasteiger partial charge in [-0.15, -0.1) is 0 Å². The predicted octanol–water partition coefficient (Wildman–Crippen LogP) is 1.98. The zero-order valence-corrected chi connectivity index (χ0v) is 8.39. The van der Waals surface area contributed by atoms with Crippen LogP contribution in [0.2, 0.25) is 0 Å². The van der Waals surface area contributed by atoms with Crippen LogP contribution < -0.4 is 0 Å². The fourth-order valence-electron chi connectivity index (χ4n) is 2.11. The van der Waals surface area contributed by atoms with Crippen molar-refractivity contribution < 1.29 is 9.59 Å². The maximum absolute atomic E-state index is 11.8. The first-order chi connectivity index (χ1) is 6.53. The quantitative estimate of drug-likeness (QED) is 0.690. The van der Waals surface area contributed by atoms with E-state index in [4.69, 9.17) is 0 Å². The number of aromatic nitrogens is 1. The average molecular weight is 191 g/mol. The predicted molar refractivity (Wildman–Crippen MR) is 52.6 cm³/mol. The Morgan fingerprint density at radius 3 is 2.79 bits per heavy atom. The van der Waals surface area contributed by atoms with Crippen molar-refractivity contribution in [3.05, 3.63) is 23.0 Å². The minimum atomic E-state index is 0.00902. The molecule has 0 fully saturated rings. The standard InChI is InChI=1S/C11H13NO2/c1-11(2)3-8-10(9(14)4-11)7(6-13)5-12-8/h5-6,12H,3-4H2,1-2H3. The summed E-state index contributed by atoms with van der Waals surface area (Å²) in [5, 5.41) is 0. The number of nitrogens with one attached hydrogen (secondary N) is 1. The molecule has 3 heteroatoms. The third kappa shape index (κ3) is 1.29.